The first-order valence-corrected chi connectivity index (χ1v) is 14.4. The summed E-state index contributed by atoms with van der Waals surface area (Å²) >= 11 is 13.2. The molecule has 12 nitrogen and oxygen atoms in total. The average molecular weight is 640 g/mol. The van der Waals surface area contributed by atoms with E-state index in [0.29, 0.717) is 31.5 Å². The van der Waals surface area contributed by atoms with Crippen LogP contribution in [-0.4, -0.2) is 71.6 Å². The first-order valence-electron chi connectivity index (χ1n) is 12.8. The summed E-state index contributed by atoms with van der Waals surface area (Å²) in [6, 6.07) is 10.8. The largest absolute Gasteiger partial charge is 0.364 e. The third-order valence-corrected chi connectivity index (χ3v) is 8.51. The van der Waals surface area contributed by atoms with E-state index >= 15 is 0 Å². The molecule has 4 heterocycles. The maximum atomic E-state index is 14.6. The van der Waals surface area contributed by atoms with Gasteiger partial charge in [0, 0.05) is 22.9 Å². The smallest absolute Gasteiger partial charge is 0.269 e. The summed E-state index contributed by atoms with van der Waals surface area (Å²) in [5.41, 5.74) is 8.18. The predicted molar refractivity (Wildman–Crippen MR) is 158 cm³/mol. The second-order valence-electron chi connectivity index (χ2n) is 9.66. The fourth-order valence-corrected chi connectivity index (χ4v) is 5.90. The van der Waals surface area contributed by atoms with E-state index in [2.05, 4.69) is 30.8 Å². The molecule has 0 spiro atoms. The Hall–Kier alpha value is -4.53. The minimum Gasteiger partial charge on any atom is -0.364 e. The van der Waals surface area contributed by atoms with E-state index in [1.165, 1.54) is 10.9 Å². The fraction of sp³-hybridized carbons (Fsp3) is 0.185. The number of carbonyl (C=O) groups is 3. The highest BCUT2D eigenvalue weighted by Gasteiger charge is 2.40. The lowest BCUT2D eigenvalue weighted by molar-refractivity contribution is -0.137. The van der Waals surface area contributed by atoms with Crippen molar-refractivity contribution >= 4 is 68.3 Å². The highest BCUT2D eigenvalue weighted by atomic mass is 35.5. The Kier molecular flexibility index (Phi) is 7.73. The van der Waals surface area contributed by atoms with Crippen molar-refractivity contribution in [1.82, 2.24) is 35.1 Å². The lowest BCUT2D eigenvalue weighted by atomic mass is 10.0. The number of halogens is 3. The molecule has 1 fully saturated rings. The highest BCUT2D eigenvalue weighted by Crippen LogP contribution is 2.32. The maximum absolute atomic E-state index is 14.6. The third kappa shape index (κ3) is 5.76. The van der Waals surface area contributed by atoms with Crippen molar-refractivity contribution in [1.29, 1.82) is 0 Å². The van der Waals surface area contributed by atoms with Crippen LogP contribution in [0.3, 0.4) is 0 Å². The number of aromatic nitrogens is 6. The topological polar surface area (TPSA) is 162 Å². The van der Waals surface area contributed by atoms with Gasteiger partial charge >= 0.3 is 0 Å². The number of carbonyl (C=O) groups excluding carboxylic acids is 3. The molecule has 0 saturated carbocycles. The number of likely N-dealkylation sites (tertiary alicyclic amines) is 1. The number of hydrogen-bond acceptors (Lipinski definition) is 9. The van der Waals surface area contributed by atoms with Crippen molar-refractivity contribution in [3.63, 3.8) is 0 Å². The van der Waals surface area contributed by atoms with Gasteiger partial charge in [-0.3, -0.25) is 24.4 Å². The van der Waals surface area contributed by atoms with Gasteiger partial charge in [0.15, 0.2) is 5.69 Å². The number of benzene rings is 2. The van der Waals surface area contributed by atoms with Gasteiger partial charge in [-0.15, -0.1) is 10.2 Å². The molecule has 2 atom stereocenters. The molecule has 16 heteroatoms. The summed E-state index contributed by atoms with van der Waals surface area (Å²) in [5.74, 6) is -1.94. The summed E-state index contributed by atoms with van der Waals surface area (Å²) in [6.07, 6.45) is 1.51. The Morgan fingerprint density at radius 2 is 1.84 bits per heavy atom. The molecule has 218 valence electrons. The molecule has 0 radical (unpaired) electrons. The number of alkyl halides is 1. The zero-order valence-corrected chi connectivity index (χ0v) is 24.3. The number of primary amides is 1. The van der Waals surface area contributed by atoms with Crippen LogP contribution in [0, 0.1) is 0 Å². The van der Waals surface area contributed by atoms with Crippen LogP contribution in [0.5, 0.6) is 0 Å². The zero-order chi connectivity index (χ0) is 30.2. The van der Waals surface area contributed by atoms with Gasteiger partial charge in [0.05, 0.1) is 34.5 Å². The van der Waals surface area contributed by atoms with Crippen molar-refractivity contribution in [2.24, 2.45) is 5.73 Å². The molecular formula is C27H20Cl2FN9O3S. The first kappa shape index (κ1) is 28.6. The van der Waals surface area contributed by atoms with Crippen LogP contribution < -0.4 is 11.1 Å². The first-order chi connectivity index (χ1) is 20.7. The van der Waals surface area contributed by atoms with Gasteiger partial charge in [-0.2, -0.15) is 15.3 Å². The number of amides is 3. The number of hydrogen-bond donors (Lipinski definition) is 2. The van der Waals surface area contributed by atoms with Crippen LogP contribution in [-0.2, 0) is 16.1 Å². The Balaban J connectivity index is 1.21. The molecule has 2 unspecified atom stereocenters. The van der Waals surface area contributed by atoms with Crippen LogP contribution in [0.4, 0.5) is 9.52 Å². The van der Waals surface area contributed by atoms with Crippen LogP contribution in [0.15, 0.2) is 54.9 Å². The number of nitrogens with one attached hydrogen (secondary N) is 1. The summed E-state index contributed by atoms with van der Waals surface area (Å²) in [4.78, 5) is 40.0. The Bertz CT molecular complexity index is 1880. The van der Waals surface area contributed by atoms with Crippen molar-refractivity contribution in [3.05, 3.63) is 70.6 Å². The lowest BCUT2D eigenvalue weighted by Crippen LogP contribution is -2.44. The van der Waals surface area contributed by atoms with E-state index in [1.807, 2.05) is 0 Å². The Morgan fingerprint density at radius 3 is 2.58 bits per heavy atom. The summed E-state index contributed by atoms with van der Waals surface area (Å²) < 4.78 is 15.9. The highest BCUT2D eigenvalue weighted by molar-refractivity contribution is 7.18. The second kappa shape index (κ2) is 11.6. The van der Waals surface area contributed by atoms with E-state index in [1.54, 1.807) is 48.7 Å². The molecule has 5 aromatic rings. The van der Waals surface area contributed by atoms with E-state index in [4.69, 9.17) is 28.9 Å². The molecule has 3 amide bonds. The number of anilines is 1. The summed E-state index contributed by atoms with van der Waals surface area (Å²) in [5, 5.41) is 24.4. The van der Waals surface area contributed by atoms with Gasteiger partial charge in [0.25, 0.3) is 5.91 Å². The third-order valence-electron chi connectivity index (χ3n) is 6.88. The summed E-state index contributed by atoms with van der Waals surface area (Å²) in [6.45, 7) is -0.626. The van der Waals surface area contributed by atoms with Crippen molar-refractivity contribution in [2.45, 2.75) is 25.2 Å². The molecule has 6 rings (SSSR count). The molecule has 1 saturated heterocycles. The molecule has 1 aliphatic heterocycles. The van der Waals surface area contributed by atoms with E-state index in [9.17, 15) is 18.8 Å². The Morgan fingerprint density at radius 1 is 1.02 bits per heavy atom. The molecular weight excluding hydrogens is 620 g/mol. The van der Waals surface area contributed by atoms with Crippen LogP contribution in [0.25, 0.3) is 32.6 Å². The van der Waals surface area contributed by atoms with E-state index in [0.717, 1.165) is 27.4 Å². The molecule has 0 bridgehead atoms. The van der Waals surface area contributed by atoms with Crippen LogP contribution >= 0.6 is 34.5 Å². The van der Waals surface area contributed by atoms with Gasteiger partial charge in [-0.1, -0.05) is 46.7 Å². The summed E-state index contributed by atoms with van der Waals surface area (Å²) in [7, 11) is 0. The number of nitrogens with zero attached hydrogens (tertiary/aromatic N) is 7. The van der Waals surface area contributed by atoms with Crippen LogP contribution in [0.1, 0.15) is 16.9 Å². The van der Waals surface area contributed by atoms with E-state index < -0.39 is 29.9 Å². The van der Waals surface area contributed by atoms with Gasteiger partial charge in [-0.25, -0.2) is 4.39 Å². The average Bonchev–Trinajstić information content (AvgIpc) is 3.72. The monoisotopic (exact) mass is 639 g/mol. The van der Waals surface area contributed by atoms with Crippen molar-refractivity contribution in [2.75, 3.05) is 11.9 Å². The molecule has 3 N–H and O–H groups in total. The standard InChI is InChI=1S/C27H20Cl2FN9O3S/c28-18-3-1-14(8-19(18)29)26-35-36-27(43-26)34-25(42)21-9-16(30)11-38(21)22(40)12-39-20-4-2-13(15-5-6-32-33-10-15)7-17(20)23(37-39)24(31)41/h1-8,10,16,21H,9,11-12H2,(H2,31,41)(H,34,36,42). The fourth-order valence-electron chi connectivity index (χ4n) is 4.86. The van der Waals surface area contributed by atoms with Crippen molar-refractivity contribution < 1.29 is 18.8 Å². The van der Waals surface area contributed by atoms with Gasteiger partial charge in [0.2, 0.25) is 16.9 Å². The zero-order valence-electron chi connectivity index (χ0n) is 21.9. The maximum Gasteiger partial charge on any atom is 0.269 e. The quantitative estimate of drug-likeness (QED) is 0.270. The molecule has 0 aliphatic carbocycles. The van der Waals surface area contributed by atoms with E-state index in [-0.39, 0.29) is 30.3 Å². The minimum absolute atomic E-state index is 0.0280. The van der Waals surface area contributed by atoms with Gasteiger partial charge < -0.3 is 10.6 Å². The van der Waals surface area contributed by atoms with Gasteiger partial charge in [0.1, 0.15) is 23.8 Å². The lowest BCUT2D eigenvalue weighted by Gasteiger charge is -2.23. The Labute approximate surface area is 256 Å². The molecule has 43 heavy (non-hydrogen) atoms. The van der Waals surface area contributed by atoms with Crippen molar-refractivity contribution in [3.8, 4) is 21.7 Å². The predicted octanol–water partition coefficient (Wildman–Crippen LogP) is 4.00. The normalized spacial score (nSPS) is 16.5. The number of nitrogens with two attached hydrogens (primary N) is 1. The molecule has 1 aliphatic rings. The SMILES string of the molecule is NC(=O)c1nn(CC(=O)N2CC(F)CC2C(=O)Nc2nnc(-c3ccc(Cl)c(Cl)c3)s2)c2ccc(-c3ccnnc3)cc12. The van der Waals surface area contributed by atoms with Gasteiger partial charge in [-0.05, 0) is 35.9 Å². The number of rotatable bonds is 7. The van der Waals surface area contributed by atoms with Crippen LogP contribution in [0.2, 0.25) is 10.0 Å². The second-order valence-corrected chi connectivity index (χ2v) is 11.5. The molecule has 2 aromatic carbocycles. The number of fused-ring (bicyclic) bond motifs is 1. The minimum atomic E-state index is -1.41. The molecule has 3 aromatic heterocycles.